The van der Waals surface area contributed by atoms with Gasteiger partial charge in [-0.3, -0.25) is 9.98 Å². The minimum Gasteiger partial charge on any atom is -0.356 e. The first-order valence-electron chi connectivity index (χ1n) is 9.29. The largest absolute Gasteiger partial charge is 0.356 e. The predicted molar refractivity (Wildman–Crippen MR) is 102 cm³/mol. The van der Waals surface area contributed by atoms with Crippen molar-refractivity contribution in [1.29, 1.82) is 0 Å². The zero-order chi connectivity index (χ0) is 17.2. The second kappa shape index (κ2) is 10.3. The Labute approximate surface area is 147 Å². The number of likely N-dealkylation sites (tertiary alicyclic amines) is 1. The number of hydrogen-bond acceptors (Lipinski definition) is 3. The highest BCUT2D eigenvalue weighted by atomic mass is 15.2. The van der Waals surface area contributed by atoms with E-state index in [9.17, 15) is 0 Å². The van der Waals surface area contributed by atoms with Gasteiger partial charge in [0.25, 0.3) is 0 Å². The third-order valence-electron chi connectivity index (χ3n) is 4.76. The Morgan fingerprint density at radius 2 is 2.12 bits per heavy atom. The molecule has 24 heavy (non-hydrogen) atoms. The van der Waals surface area contributed by atoms with Crippen molar-refractivity contribution in [2.24, 2.45) is 4.99 Å². The molecule has 5 heteroatoms. The molecular weight excluding hydrogens is 298 g/mol. The van der Waals surface area contributed by atoms with Crippen molar-refractivity contribution in [2.75, 3.05) is 33.2 Å². The fourth-order valence-corrected chi connectivity index (χ4v) is 3.17. The topological polar surface area (TPSA) is 52.6 Å². The van der Waals surface area contributed by atoms with Crippen LogP contribution in [0.25, 0.3) is 0 Å². The van der Waals surface area contributed by atoms with Crippen LogP contribution in [0.3, 0.4) is 0 Å². The second-order valence-electron chi connectivity index (χ2n) is 6.72. The summed E-state index contributed by atoms with van der Waals surface area (Å²) in [5.41, 5.74) is 2.31. The van der Waals surface area contributed by atoms with E-state index < -0.39 is 0 Å². The van der Waals surface area contributed by atoms with E-state index in [0.29, 0.717) is 0 Å². The Balaban J connectivity index is 1.59. The number of nitrogens with zero attached hydrogens (tertiary/aromatic N) is 3. The molecule has 0 aliphatic carbocycles. The standard InChI is InChI=1S/C19H33N5/c1-16-8-9-18(15-23-16)10-12-22-19(20-3)21-11-6-14-24-13-5-4-7-17(24)2/h8-9,15,17H,4-7,10-14H2,1-3H3,(H2,20,21,22). The first-order chi connectivity index (χ1) is 11.7. The molecule has 1 aromatic rings. The zero-order valence-corrected chi connectivity index (χ0v) is 15.5. The maximum absolute atomic E-state index is 4.33. The van der Waals surface area contributed by atoms with Gasteiger partial charge in [0.1, 0.15) is 0 Å². The van der Waals surface area contributed by atoms with Crippen LogP contribution in [0, 0.1) is 6.92 Å². The summed E-state index contributed by atoms with van der Waals surface area (Å²) in [5.74, 6) is 0.891. The zero-order valence-electron chi connectivity index (χ0n) is 15.5. The van der Waals surface area contributed by atoms with Crippen LogP contribution in [0.5, 0.6) is 0 Å². The van der Waals surface area contributed by atoms with E-state index in [1.54, 1.807) is 0 Å². The highest BCUT2D eigenvalue weighted by Gasteiger charge is 2.16. The molecule has 0 aromatic carbocycles. The summed E-state index contributed by atoms with van der Waals surface area (Å²) in [5, 5.41) is 6.79. The van der Waals surface area contributed by atoms with Crippen molar-refractivity contribution in [1.82, 2.24) is 20.5 Å². The summed E-state index contributed by atoms with van der Waals surface area (Å²) >= 11 is 0. The maximum atomic E-state index is 4.33. The highest BCUT2D eigenvalue weighted by Crippen LogP contribution is 2.15. The van der Waals surface area contributed by atoms with E-state index in [2.05, 4.69) is 44.6 Å². The molecule has 1 unspecified atom stereocenters. The van der Waals surface area contributed by atoms with Crippen molar-refractivity contribution < 1.29 is 0 Å². The molecule has 1 aromatic heterocycles. The number of aliphatic imine (C=N–C) groups is 1. The molecule has 0 radical (unpaired) electrons. The monoisotopic (exact) mass is 331 g/mol. The number of guanidine groups is 1. The van der Waals surface area contributed by atoms with Crippen LogP contribution >= 0.6 is 0 Å². The van der Waals surface area contributed by atoms with Gasteiger partial charge in [0.05, 0.1) is 0 Å². The molecule has 0 bridgehead atoms. The van der Waals surface area contributed by atoms with E-state index in [0.717, 1.165) is 43.6 Å². The minimum atomic E-state index is 0.749. The van der Waals surface area contributed by atoms with Crippen LogP contribution in [-0.2, 0) is 6.42 Å². The van der Waals surface area contributed by atoms with Crippen molar-refractivity contribution >= 4 is 5.96 Å². The summed E-state index contributed by atoms with van der Waals surface area (Å²) in [6, 6.07) is 4.95. The quantitative estimate of drug-likeness (QED) is 0.457. The average Bonchev–Trinajstić information content (AvgIpc) is 2.60. The van der Waals surface area contributed by atoms with Crippen LogP contribution in [0.2, 0.25) is 0 Å². The molecule has 2 heterocycles. The van der Waals surface area contributed by atoms with E-state index in [4.69, 9.17) is 0 Å². The number of pyridine rings is 1. The van der Waals surface area contributed by atoms with Gasteiger partial charge in [0.15, 0.2) is 5.96 Å². The van der Waals surface area contributed by atoms with Gasteiger partial charge in [0, 0.05) is 44.6 Å². The fraction of sp³-hybridized carbons (Fsp3) is 0.684. The number of piperidine rings is 1. The second-order valence-corrected chi connectivity index (χ2v) is 6.72. The van der Waals surface area contributed by atoms with Crippen LogP contribution in [-0.4, -0.2) is 55.1 Å². The van der Waals surface area contributed by atoms with Gasteiger partial charge in [-0.15, -0.1) is 0 Å². The van der Waals surface area contributed by atoms with Crippen LogP contribution in [0.4, 0.5) is 0 Å². The molecule has 1 aliphatic rings. The molecule has 1 aliphatic heterocycles. The lowest BCUT2D eigenvalue weighted by Gasteiger charge is -2.33. The summed E-state index contributed by atoms with van der Waals surface area (Å²) in [7, 11) is 1.83. The highest BCUT2D eigenvalue weighted by molar-refractivity contribution is 5.79. The fourth-order valence-electron chi connectivity index (χ4n) is 3.17. The Morgan fingerprint density at radius 1 is 1.29 bits per heavy atom. The van der Waals surface area contributed by atoms with E-state index in [1.807, 2.05) is 20.2 Å². The number of hydrogen-bond donors (Lipinski definition) is 2. The number of nitrogens with one attached hydrogen (secondary N) is 2. The van der Waals surface area contributed by atoms with Crippen molar-refractivity contribution in [3.63, 3.8) is 0 Å². The first kappa shape index (κ1) is 18.7. The summed E-state index contributed by atoms with van der Waals surface area (Å²) in [6.45, 7) is 8.65. The summed E-state index contributed by atoms with van der Waals surface area (Å²) in [4.78, 5) is 11.2. The Hall–Kier alpha value is -1.62. The molecule has 5 nitrogen and oxygen atoms in total. The Morgan fingerprint density at radius 3 is 2.83 bits per heavy atom. The molecule has 0 spiro atoms. The molecule has 2 rings (SSSR count). The molecule has 2 N–H and O–H groups in total. The molecule has 1 atom stereocenters. The van der Waals surface area contributed by atoms with Gasteiger partial charge >= 0.3 is 0 Å². The lowest BCUT2D eigenvalue weighted by Crippen LogP contribution is -2.41. The van der Waals surface area contributed by atoms with Crippen molar-refractivity contribution in [3.05, 3.63) is 29.6 Å². The van der Waals surface area contributed by atoms with Crippen LogP contribution < -0.4 is 10.6 Å². The van der Waals surface area contributed by atoms with Gasteiger partial charge in [-0.2, -0.15) is 0 Å². The number of aromatic nitrogens is 1. The van der Waals surface area contributed by atoms with Crippen LogP contribution in [0.15, 0.2) is 23.3 Å². The predicted octanol–water partition coefficient (Wildman–Crippen LogP) is 2.36. The smallest absolute Gasteiger partial charge is 0.190 e. The van der Waals surface area contributed by atoms with Crippen molar-refractivity contribution in [3.8, 4) is 0 Å². The van der Waals surface area contributed by atoms with E-state index in [-0.39, 0.29) is 0 Å². The summed E-state index contributed by atoms with van der Waals surface area (Å²) in [6.07, 6.45) is 8.17. The van der Waals surface area contributed by atoms with E-state index >= 15 is 0 Å². The average molecular weight is 332 g/mol. The lowest BCUT2D eigenvalue weighted by atomic mass is 10.0. The normalized spacial score (nSPS) is 19.3. The van der Waals surface area contributed by atoms with Gasteiger partial charge in [0.2, 0.25) is 0 Å². The molecule has 134 valence electrons. The number of aryl methyl sites for hydroxylation is 1. The Bertz CT molecular complexity index is 497. The SMILES string of the molecule is CN=C(NCCCN1CCCCC1C)NCCc1ccc(C)nc1. The summed E-state index contributed by atoms with van der Waals surface area (Å²) < 4.78 is 0. The lowest BCUT2D eigenvalue weighted by molar-refractivity contribution is 0.159. The first-order valence-corrected chi connectivity index (χ1v) is 9.29. The third kappa shape index (κ3) is 6.48. The van der Waals surface area contributed by atoms with E-state index in [1.165, 1.54) is 37.9 Å². The molecular formula is C19H33N5. The Kier molecular flexibility index (Phi) is 8.02. The van der Waals surface area contributed by atoms with Gasteiger partial charge in [-0.25, -0.2) is 0 Å². The molecule has 0 saturated carbocycles. The van der Waals surface area contributed by atoms with Gasteiger partial charge in [-0.1, -0.05) is 12.5 Å². The van der Waals surface area contributed by atoms with Crippen molar-refractivity contribution in [2.45, 2.75) is 52.0 Å². The molecule has 1 fully saturated rings. The maximum Gasteiger partial charge on any atom is 0.190 e. The number of rotatable bonds is 7. The molecule has 1 saturated heterocycles. The van der Waals surface area contributed by atoms with Crippen LogP contribution in [0.1, 0.15) is 43.9 Å². The minimum absolute atomic E-state index is 0.749. The van der Waals surface area contributed by atoms with Gasteiger partial charge in [-0.05, 0) is 57.7 Å². The van der Waals surface area contributed by atoms with Gasteiger partial charge < -0.3 is 15.5 Å². The molecule has 0 amide bonds. The third-order valence-corrected chi connectivity index (χ3v) is 4.76.